The predicted octanol–water partition coefficient (Wildman–Crippen LogP) is 2.31. The van der Waals surface area contributed by atoms with E-state index in [0.29, 0.717) is 28.7 Å². The minimum atomic E-state index is -5.54. The van der Waals surface area contributed by atoms with E-state index in [4.69, 9.17) is 5.26 Å². The fraction of sp³-hybridized carbons (Fsp3) is 0.211. The lowest BCUT2D eigenvalue weighted by molar-refractivity contribution is -0.0436. The zero-order valence-corrected chi connectivity index (χ0v) is 17.1. The second kappa shape index (κ2) is 7.94. The first kappa shape index (κ1) is 22.7. The summed E-state index contributed by atoms with van der Waals surface area (Å²) in [4.78, 5) is 12.7. The number of benzene rings is 2. The molecule has 1 unspecified atom stereocenters. The van der Waals surface area contributed by atoms with Gasteiger partial charge in [-0.05, 0) is 49.4 Å². The maximum Gasteiger partial charge on any atom is 0.501 e. The molecule has 32 heavy (non-hydrogen) atoms. The number of nitriles is 2. The van der Waals surface area contributed by atoms with E-state index < -0.39 is 31.7 Å². The Bertz CT molecular complexity index is 1380. The second-order valence-corrected chi connectivity index (χ2v) is 8.86. The molecule has 3 aromatic rings. The average Bonchev–Trinajstić information content (AvgIpc) is 3.13. The minimum Gasteiger partial charge on any atom is -0.332 e. The van der Waals surface area contributed by atoms with Gasteiger partial charge < -0.3 is 5.32 Å². The molecular formula is C19H13F3N6O3S. The van der Waals surface area contributed by atoms with Gasteiger partial charge in [0.1, 0.15) is 16.6 Å². The molecule has 1 atom stereocenters. The predicted molar refractivity (Wildman–Crippen MR) is 103 cm³/mol. The van der Waals surface area contributed by atoms with Gasteiger partial charge in [-0.15, -0.1) is 0 Å². The Hall–Kier alpha value is -3.97. The first-order valence-corrected chi connectivity index (χ1v) is 10.3. The Morgan fingerprint density at radius 1 is 1.09 bits per heavy atom. The van der Waals surface area contributed by atoms with Crippen molar-refractivity contribution in [1.82, 2.24) is 20.3 Å². The molecule has 1 aromatic heterocycles. The number of aromatic nitrogens is 3. The summed E-state index contributed by atoms with van der Waals surface area (Å²) in [6, 6.07) is 11.7. The Labute approximate surface area is 179 Å². The van der Waals surface area contributed by atoms with E-state index in [1.54, 1.807) is 12.1 Å². The number of amides is 1. The van der Waals surface area contributed by atoms with Gasteiger partial charge in [0.25, 0.3) is 15.7 Å². The van der Waals surface area contributed by atoms with Crippen LogP contribution < -0.4 is 5.32 Å². The van der Waals surface area contributed by atoms with Gasteiger partial charge in [-0.1, -0.05) is 0 Å². The number of carbonyl (C=O) groups excluding carboxylic acids is 1. The van der Waals surface area contributed by atoms with Gasteiger partial charge in [0.2, 0.25) is 0 Å². The third-order valence-corrected chi connectivity index (χ3v) is 5.88. The van der Waals surface area contributed by atoms with Gasteiger partial charge in [0.15, 0.2) is 0 Å². The van der Waals surface area contributed by atoms with E-state index in [9.17, 15) is 31.6 Å². The van der Waals surface area contributed by atoms with Gasteiger partial charge in [-0.2, -0.15) is 38.7 Å². The molecule has 1 N–H and O–H groups in total. The fourth-order valence-electron chi connectivity index (χ4n) is 2.73. The number of nitrogens with one attached hydrogen (secondary N) is 1. The van der Waals surface area contributed by atoms with E-state index in [1.165, 1.54) is 17.8 Å². The molecule has 0 fully saturated rings. The zero-order valence-electron chi connectivity index (χ0n) is 16.3. The summed E-state index contributed by atoms with van der Waals surface area (Å²) >= 11 is 0. The topological polar surface area (TPSA) is 142 Å². The monoisotopic (exact) mass is 462 g/mol. The minimum absolute atomic E-state index is 0.148. The molecule has 2 aromatic carbocycles. The van der Waals surface area contributed by atoms with Crippen LogP contribution in [0.2, 0.25) is 0 Å². The molecule has 164 valence electrons. The molecule has 0 spiro atoms. The number of sulfone groups is 1. The SMILES string of the molecule is CC(C#N)(Cn1nc2ccc(C#N)cc2n1)NC(=O)c1ccc(S(=O)(=O)C(F)(F)F)cc1. The lowest BCUT2D eigenvalue weighted by atomic mass is 10.0. The molecule has 0 aliphatic rings. The third kappa shape index (κ3) is 4.38. The lowest BCUT2D eigenvalue weighted by Gasteiger charge is -2.22. The van der Waals surface area contributed by atoms with Crippen molar-refractivity contribution in [3.63, 3.8) is 0 Å². The summed E-state index contributed by atoms with van der Waals surface area (Å²) in [5, 5.41) is 29.3. The molecule has 0 saturated carbocycles. The third-order valence-electron chi connectivity index (χ3n) is 4.38. The summed E-state index contributed by atoms with van der Waals surface area (Å²) in [7, 11) is -5.54. The van der Waals surface area contributed by atoms with Gasteiger partial charge in [0.05, 0.1) is 29.1 Å². The summed E-state index contributed by atoms with van der Waals surface area (Å²) < 4.78 is 60.8. The van der Waals surface area contributed by atoms with Crippen LogP contribution in [0.1, 0.15) is 22.8 Å². The number of fused-ring (bicyclic) bond motifs is 1. The molecule has 9 nitrogen and oxygen atoms in total. The number of halogens is 3. The van der Waals surface area contributed by atoms with Crippen LogP contribution in [0.3, 0.4) is 0 Å². The van der Waals surface area contributed by atoms with Crippen LogP contribution in [0.25, 0.3) is 11.0 Å². The van der Waals surface area contributed by atoms with E-state index >= 15 is 0 Å². The molecule has 0 aliphatic carbocycles. The number of hydrogen-bond acceptors (Lipinski definition) is 7. The fourth-order valence-corrected chi connectivity index (χ4v) is 3.49. The van der Waals surface area contributed by atoms with Crippen molar-refractivity contribution in [1.29, 1.82) is 10.5 Å². The van der Waals surface area contributed by atoms with Crippen molar-refractivity contribution in [2.45, 2.75) is 29.4 Å². The van der Waals surface area contributed by atoms with Crippen molar-refractivity contribution in [2.24, 2.45) is 0 Å². The first-order valence-electron chi connectivity index (χ1n) is 8.79. The smallest absolute Gasteiger partial charge is 0.332 e. The Balaban J connectivity index is 1.79. The van der Waals surface area contributed by atoms with Crippen LogP contribution >= 0.6 is 0 Å². The molecule has 1 heterocycles. The molecule has 0 aliphatic heterocycles. The molecule has 13 heteroatoms. The van der Waals surface area contributed by atoms with Crippen LogP contribution in [0.4, 0.5) is 13.2 Å². The summed E-state index contributed by atoms with van der Waals surface area (Å²) in [6.07, 6.45) is 0. The molecule has 0 radical (unpaired) electrons. The van der Waals surface area contributed by atoms with E-state index in [0.717, 1.165) is 12.1 Å². The van der Waals surface area contributed by atoms with Gasteiger partial charge >= 0.3 is 5.51 Å². The van der Waals surface area contributed by atoms with Crippen LogP contribution in [0.15, 0.2) is 47.4 Å². The van der Waals surface area contributed by atoms with Gasteiger partial charge in [-0.3, -0.25) is 4.79 Å². The highest BCUT2D eigenvalue weighted by molar-refractivity contribution is 7.92. The standard InChI is InChI=1S/C19H13F3N6O3S/c1-18(10-24,11-28-26-15-7-2-12(9-23)8-16(15)27-28)25-17(29)13-3-5-14(6-4-13)32(30,31)19(20,21)22/h2-8H,11H2,1H3,(H,25,29). The summed E-state index contributed by atoms with van der Waals surface area (Å²) in [6.45, 7) is 1.22. The number of alkyl halides is 3. The maximum atomic E-state index is 12.6. The largest absolute Gasteiger partial charge is 0.501 e. The van der Waals surface area contributed by atoms with Crippen LogP contribution in [0, 0.1) is 22.7 Å². The van der Waals surface area contributed by atoms with Crippen LogP contribution in [0.5, 0.6) is 0 Å². The van der Waals surface area contributed by atoms with Gasteiger partial charge in [-0.25, -0.2) is 8.42 Å². The Morgan fingerprint density at radius 2 is 1.72 bits per heavy atom. The van der Waals surface area contributed by atoms with Crippen LogP contribution in [-0.4, -0.2) is 40.4 Å². The highest BCUT2D eigenvalue weighted by Crippen LogP contribution is 2.30. The average molecular weight is 462 g/mol. The van der Waals surface area contributed by atoms with E-state index in [1.807, 2.05) is 12.1 Å². The molecule has 1 amide bonds. The van der Waals surface area contributed by atoms with Crippen molar-refractivity contribution in [2.75, 3.05) is 0 Å². The van der Waals surface area contributed by atoms with Crippen molar-refractivity contribution in [3.05, 3.63) is 53.6 Å². The zero-order chi connectivity index (χ0) is 23.7. The number of rotatable bonds is 5. The quantitative estimate of drug-likeness (QED) is 0.613. The lowest BCUT2D eigenvalue weighted by Crippen LogP contribution is -2.48. The highest BCUT2D eigenvalue weighted by Gasteiger charge is 2.46. The van der Waals surface area contributed by atoms with Gasteiger partial charge in [0, 0.05) is 5.56 Å². The molecule has 3 rings (SSSR count). The second-order valence-electron chi connectivity index (χ2n) is 6.92. The maximum absolute atomic E-state index is 12.6. The normalized spacial score (nSPS) is 13.7. The number of nitrogens with zero attached hydrogens (tertiary/aromatic N) is 5. The molecular weight excluding hydrogens is 449 g/mol. The molecule has 0 bridgehead atoms. The van der Waals surface area contributed by atoms with Crippen molar-refractivity contribution in [3.8, 4) is 12.1 Å². The molecule has 0 saturated heterocycles. The highest BCUT2D eigenvalue weighted by atomic mass is 32.2. The van der Waals surface area contributed by atoms with Crippen molar-refractivity contribution < 1.29 is 26.4 Å². The number of hydrogen-bond donors (Lipinski definition) is 1. The summed E-state index contributed by atoms with van der Waals surface area (Å²) in [5.74, 6) is -0.812. The Morgan fingerprint density at radius 3 is 2.28 bits per heavy atom. The van der Waals surface area contributed by atoms with Crippen molar-refractivity contribution >= 4 is 26.8 Å². The van der Waals surface area contributed by atoms with E-state index in [-0.39, 0.29) is 12.1 Å². The number of carbonyl (C=O) groups is 1. The first-order chi connectivity index (χ1) is 14.9. The van der Waals surface area contributed by atoms with E-state index in [2.05, 4.69) is 15.5 Å². The summed E-state index contributed by atoms with van der Waals surface area (Å²) in [5.41, 5.74) is -5.87. The Kier molecular flexibility index (Phi) is 5.63. The van der Waals surface area contributed by atoms with Crippen LogP contribution in [-0.2, 0) is 16.4 Å².